The molecule has 0 radical (unpaired) electrons. The Hall–Kier alpha value is -2.57. The minimum Gasteiger partial charge on any atom is -0.497 e. The van der Waals surface area contributed by atoms with E-state index in [1.54, 1.807) is 18.9 Å². The molecular formula is C15H18N4O3. The smallest absolute Gasteiger partial charge is 0.311 e. The first-order valence-corrected chi connectivity index (χ1v) is 7.16. The van der Waals surface area contributed by atoms with Crippen molar-refractivity contribution in [2.75, 3.05) is 38.2 Å². The van der Waals surface area contributed by atoms with Crippen LogP contribution < -0.4 is 9.64 Å². The van der Waals surface area contributed by atoms with Crippen molar-refractivity contribution in [1.82, 2.24) is 15.1 Å². The summed E-state index contributed by atoms with van der Waals surface area (Å²) < 4.78 is 10.4. The average molecular weight is 302 g/mol. The number of anilines is 1. The van der Waals surface area contributed by atoms with E-state index in [0.29, 0.717) is 19.0 Å². The number of rotatable bonds is 3. The molecule has 0 spiro atoms. The Balaban J connectivity index is 1.61. The molecule has 1 aliphatic rings. The highest BCUT2D eigenvalue weighted by molar-refractivity contribution is 5.89. The molecule has 0 saturated carbocycles. The fourth-order valence-corrected chi connectivity index (χ4v) is 2.48. The third-order valence-electron chi connectivity index (χ3n) is 3.71. The van der Waals surface area contributed by atoms with Crippen LogP contribution in [0.25, 0.3) is 0 Å². The number of nitrogens with zero attached hydrogens (tertiary/aromatic N) is 4. The van der Waals surface area contributed by atoms with E-state index >= 15 is 0 Å². The van der Waals surface area contributed by atoms with Crippen molar-refractivity contribution >= 4 is 11.6 Å². The van der Waals surface area contributed by atoms with Gasteiger partial charge in [-0.25, -0.2) is 0 Å². The number of ether oxygens (including phenoxy) is 1. The molecule has 2 aromatic rings. The molecule has 116 valence electrons. The van der Waals surface area contributed by atoms with Gasteiger partial charge in [0.15, 0.2) is 0 Å². The summed E-state index contributed by atoms with van der Waals surface area (Å²) in [5.41, 5.74) is 1.13. The van der Waals surface area contributed by atoms with Crippen LogP contribution in [0.1, 0.15) is 16.6 Å². The van der Waals surface area contributed by atoms with Crippen LogP contribution in [-0.2, 0) is 0 Å². The molecule has 0 bridgehead atoms. The van der Waals surface area contributed by atoms with Gasteiger partial charge in [0.1, 0.15) is 5.75 Å². The predicted octanol–water partition coefficient (Wildman–Crippen LogP) is 1.35. The molecule has 1 saturated heterocycles. The zero-order valence-corrected chi connectivity index (χ0v) is 12.7. The third-order valence-corrected chi connectivity index (χ3v) is 3.71. The maximum Gasteiger partial charge on any atom is 0.311 e. The van der Waals surface area contributed by atoms with E-state index < -0.39 is 0 Å². The van der Waals surface area contributed by atoms with Gasteiger partial charge < -0.3 is 19.0 Å². The number of carbonyl (C=O) groups excluding carboxylic acids is 1. The Morgan fingerprint density at radius 2 is 1.82 bits per heavy atom. The summed E-state index contributed by atoms with van der Waals surface area (Å²) in [6, 6.07) is 7.93. The number of amides is 1. The van der Waals surface area contributed by atoms with Crippen molar-refractivity contribution in [2.45, 2.75) is 6.92 Å². The second-order valence-electron chi connectivity index (χ2n) is 5.10. The molecule has 3 rings (SSSR count). The van der Waals surface area contributed by atoms with Gasteiger partial charge in [-0.15, -0.1) is 10.2 Å². The molecule has 1 aromatic carbocycles. The number of methoxy groups -OCH3 is 1. The molecule has 1 aliphatic heterocycles. The second kappa shape index (κ2) is 6.05. The topological polar surface area (TPSA) is 71.7 Å². The summed E-state index contributed by atoms with van der Waals surface area (Å²) >= 11 is 0. The van der Waals surface area contributed by atoms with E-state index in [-0.39, 0.29) is 11.8 Å². The standard InChI is InChI=1S/C15H18N4O3/c1-11-16-17-14(22-11)15(20)19-9-7-18(8-10-19)12-3-5-13(21-2)6-4-12/h3-6H,7-10H2,1-2H3. The van der Waals surface area contributed by atoms with E-state index in [4.69, 9.17) is 9.15 Å². The fourth-order valence-electron chi connectivity index (χ4n) is 2.48. The number of hydrogen-bond acceptors (Lipinski definition) is 6. The van der Waals surface area contributed by atoms with E-state index in [1.807, 2.05) is 24.3 Å². The molecule has 0 aliphatic carbocycles. The van der Waals surface area contributed by atoms with Crippen molar-refractivity contribution in [2.24, 2.45) is 0 Å². The number of aryl methyl sites for hydroxylation is 1. The van der Waals surface area contributed by atoms with Crippen molar-refractivity contribution < 1.29 is 13.9 Å². The third kappa shape index (κ3) is 2.88. The lowest BCUT2D eigenvalue weighted by Gasteiger charge is -2.35. The highest BCUT2D eigenvalue weighted by Gasteiger charge is 2.25. The summed E-state index contributed by atoms with van der Waals surface area (Å²) in [5.74, 6) is 1.11. The van der Waals surface area contributed by atoms with Gasteiger partial charge in [0.05, 0.1) is 7.11 Å². The summed E-state index contributed by atoms with van der Waals surface area (Å²) in [6.07, 6.45) is 0. The lowest BCUT2D eigenvalue weighted by molar-refractivity contribution is 0.0705. The molecule has 1 amide bonds. The number of benzene rings is 1. The highest BCUT2D eigenvalue weighted by atomic mass is 16.5. The van der Waals surface area contributed by atoms with Crippen LogP contribution in [0, 0.1) is 6.92 Å². The maximum absolute atomic E-state index is 12.2. The molecule has 22 heavy (non-hydrogen) atoms. The number of carbonyl (C=O) groups is 1. The number of hydrogen-bond donors (Lipinski definition) is 0. The molecule has 0 atom stereocenters. The quantitative estimate of drug-likeness (QED) is 0.852. The molecule has 7 heteroatoms. The zero-order chi connectivity index (χ0) is 15.5. The Labute approximate surface area is 128 Å². The van der Waals surface area contributed by atoms with Crippen LogP contribution in [0.2, 0.25) is 0 Å². The monoisotopic (exact) mass is 302 g/mol. The van der Waals surface area contributed by atoms with Gasteiger partial charge in [0, 0.05) is 38.8 Å². The summed E-state index contributed by atoms with van der Waals surface area (Å²) in [6.45, 7) is 4.47. The largest absolute Gasteiger partial charge is 0.497 e. The van der Waals surface area contributed by atoms with Gasteiger partial charge in [-0.05, 0) is 24.3 Å². The summed E-state index contributed by atoms with van der Waals surface area (Å²) in [5, 5.41) is 7.48. The van der Waals surface area contributed by atoms with Crippen molar-refractivity contribution in [3.8, 4) is 5.75 Å². The Morgan fingerprint density at radius 3 is 2.36 bits per heavy atom. The second-order valence-corrected chi connectivity index (χ2v) is 5.10. The first-order chi connectivity index (χ1) is 10.7. The molecule has 0 N–H and O–H groups in total. The van der Waals surface area contributed by atoms with E-state index in [9.17, 15) is 4.79 Å². The molecule has 1 fully saturated rings. The number of aromatic nitrogens is 2. The zero-order valence-electron chi connectivity index (χ0n) is 12.7. The summed E-state index contributed by atoms with van der Waals surface area (Å²) in [7, 11) is 1.65. The molecule has 0 unspecified atom stereocenters. The number of piperazine rings is 1. The lowest BCUT2D eigenvalue weighted by Crippen LogP contribution is -2.48. The molecule has 1 aromatic heterocycles. The lowest BCUT2D eigenvalue weighted by atomic mass is 10.2. The van der Waals surface area contributed by atoms with Crippen LogP contribution in [0.15, 0.2) is 28.7 Å². The fraction of sp³-hybridized carbons (Fsp3) is 0.400. The van der Waals surface area contributed by atoms with Crippen LogP contribution >= 0.6 is 0 Å². The Bertz CT molecular complexity index is 645. The van der Waals surface area contributed by atoms with Gasteiger partial charge in [-0.3, -0.25) is 4.79 Å². The molecular weight excluding hydrogens is 284 g/mol. The first kappa shape index (κ1) is 14.4. The summed E-state index contributed by atoms with van der Waals surface area (Å²) in [4.78, 5) is 16.2. The predicted molar refractivity (Wildman–Crippen MR) is 80.1 cm³/mol. The maximum atomic E-state index is 12.2. The molecule has 2 heterocycles. The van der Waals surface area contributed by atoms with Gasteiger partial charge in [-0.1, -0.05) is 0 Å². The van der Waals surface area contributed by atoms with Gasteiger partial charge >= 0.3 is 11.8 Å². The van der Waals surface area contributed by atoms with Crippen molar-refractivity contribution in [3.63, 3.8) is 0 Å². The van der Waals surface area contributed by atoms with E-state index in [1.165, 1.54) is 0 Å². The highest BCUT2D eigenvalue weighted by Crippen LogP contribution is 2.20. The van der Waals surface area contributed by atoms with Crippen LogP contribution in [0.4, 0.5) is 5.69 Å². The molecule has 7 nitrogen and oxygen atoms in total. The van der Waals surface area contributed by atoms with Crippen molar-refractivity contribution in [3.05, 3.63) is 36.0 Å². The van der Waals surface area contributed by atoms with Crippen LogP contribution in [0.5, 0.6) is 5.75 Å². The minimum absolute atomic E-state index is 0.0652. The Kier molecular flexibility index (Phi) is 3.95. The van der Waals surface area contributed by atoms with Gasteiger partial charge in [-0.2, -0.15) is 0 Å². The minimum atomic E-state index is -0.199. The van der Waals surface area contributed by atoms with Gasteiger partial charge in [0.2, 0.25) is 5.89 Å². The van der Waals surface area contributed by atoms with Crippen LogP contribution in [-0.4, -0.2) is 54.3 Å². The SMILES string of the molecule is COc1ccc(N2CCN(C(=O)c3nnc(C)o3)CC2)cc1. The van der Waals surface area contributed by atoms with Crippen LogP contribution in [0.3, 0.4) is 0 Å². The van der Waals surface area contributed by atoms with Crippen molar-refractivity contribution in [1.29, 1.82) is 0 Å². The van der Waals surface area contributed by atoms with E-state index in [2.05, 4.69) is 15.1 Å². The average Bonchev–Trinajstić information content (AvgIpc) is 3.01. The normalized spacial score (nSPS) is 15.0. The first-order valence-electron chi connectivity index (χ1n) is 7.16. The Morgan fingerprint density at radius 1 is 1.14 bits per heavy atom. The van der Waals surface area contributed by atoms with Gasteiger partial charge in [0.25, 0.3) is 0 Å². The van der Waals surface area contributed by atoms with E-state index in [0.717, 1.165) is 24.5 Å².